The summed E-state index contributed by atoms with van der Waals surface area (Å²) in [5.41, 5.74) is 7.97. The predicted molar refractivity (Wildman–Crippen MR) is 74.0 cm³/mol. The molecule has 0 saturated carbocycles. The number of fused-ring (bicyclic) bond motifs is 1. The van der Waals surface area contributed by atoms with Crippen molar-refractivity contribution in [3.8, 4) is 17.2 Å². The second-order valence-electron chi connectivity index (χ2n) is 4.25. The van der Waals surface area contributed by atoms with Crippen molar-refractivity contribution >= 4 is 11.3 Å². The third-order valence-electron chi connectivity index (χ3n) is 3.00. The zero-order valence-electron chi connectivity index (χ0n) is 10.4. The van der Waals surface area contributed by atoms with E-state index in [9.17, 15) is 0 Å². The normalized spacial score (nSPS) is 12.7. The Morgan fingerprint density at radius 2 is 2.11 bits per heavy atom. The maximum absolute atomic E-state index is 5.82. The van der Waals surface area contributed by atoms with Crippen molar-refractivity contribution in [2.24, 2.45) is 5.73 Å². The number of nitrogens with two attached hydrogens (primary N) is 1. The number of ether oxygens (including phenoxy) is 3. The molecule has 0 unspecified atom stereocenters. The first-order chi connectivity index (χ1) is 9.36. The molecule has 0 bridgehead atoms. The van der Waals surface area contributed by atoms with Crippen molar-refractivity contribution < 1.29 is 14.2 Å². The van der Waals surface area contributed by atoms with Gasteiger partial charge >= 0.3 is 0 Å². The number of hydrogen-bond acceptors (Lipinski definition) is 5. The van der Waals surface area contributed by atoms with Crippen LogP contribution in [0.3, 0.4) is 0 Å². The highest BCUT2D eigenvalue weighted by molar-refractivity contribution is 7.07. The lowest BCUT2D eigenvalue weighted by Gasteiger charge is -2.11. The van der Waals surface area contributed by atoms with Crippen LogP contribution in [-0.4, -0.2) is 13.4 Å². The molecule has 0 fully saturated rings. The lowest BCUT2D eigenvalue weighted by atomic mass is 10.1. The van der Waals surface area contributed by atoms with E-state index in [4.69, 9.17) is 19.9 Å². The Morgan fingerprint density at radius 1 is 1.26 bits per heavy atom. The van der Waals surface area contributed by atoms with E-state index >= 15 is 0 Å². The summed E-state index contributed by atoms with van der Waals surface area (Å²) in [6, 6.07) is 5.86. The number of benzene rings is 1. The Kier molecular flexibility index (Phi) is 3.57. The minimum absolute atomic E-state index is 0.262. The van der Waals surface area contributed by atoms with Crippen LogP contribution in [0.25, 0.3) is 0 Å². The molecule has 0 amide bonds. The highest BCUT2D eigenvalue weighted by Crippen LogP contribution is 2.38. The van der Waals surface area contributed by atoms with Gasteiger partial charge in [0.1, 0.15) is 5.75 Å². The van der Waals surface area contributed by atoms with E-state index < -0.39 is 0 Å². The molecule has 0 atom stereocenters. The summed E-state index contributed by atoms with van der Waals surface area (Å²) >= 11 is 1.70. The molecule has 0 radical (unpaired) electrons. The fourth-order valence-electron chi connectivity index (χ4n) is 1.97. The number of thiophene rings is 1. The van der Waals surface area contributed by atoms with E-state index in [0.717, 1.165) is 29.2 Å². The maximum Gasteiger partial charge on any atom is 0.231 e. The summed E-state index contributed by atoms with van der Waals surface area (Å²) in [6.07, 6.45) is 0.891. The third-order valence-corrected chi connectivity index (χ3v) is 3.74. The molecular weight excluding hydrogens is 262 g/mol. The van der Waals surface area contributed by atoms with Crippen LogP contribution < -0.4 is 19.9 Å². The summed E-state index contributed by atoms with van der Waals surface area (Å²) < 4.78 is 16.5. The SMILES string of the molecule is NCc1cc2c(cc1OCCc1ccsc1)OCO2. The topological polar surface area (TPSA) is 53.7 Å². The summed E-state index contributed by atoms with van der Waals surface area (Å²) in [4.78, 5) is 0. The van der Waals surface area contributed by atoms with Crippen molar-refractivity contribution in [2.45, 2.75) is 13.0 Å². The van der Waals surface area contributed by atoms with Crippen LogP contribution in [0.1, 0.15) is 11.1 Å². The molecule has 1 aliphatic heterocycles. The predicted octanol–water partition coefficient (Wildman–Crippen LogP) is 2.56. The zero-order chi connectivity index (χ0) is 13.1. The largest absolute Gasteiger partial charge is 0.493 e. The van der Waals surface area contributed by atoms with Crippen molar-refractivity contribution in [3.05, 3.63) is 40.1 Å². The van der Waals surface area contributed by atoms with Gasteiger partial charge < -0.3 is 19.9 Å². The highest BCUT2D eigenvalue weighted by atomic mass is 32.1. The van der Waals surface area contributed by atoms with Gasteiger partial charge in [0, 0.05) is 24.6 Å². The van der Waals surface area contributed by atoms with E-state index in [0.29, 0.717) is 13.2 Å². The first-order valence-corrected chi connectivity index (χ1v) is 7.07. The van der Waals surface area contributed by atoms with Crippen molar-refractivity contribution in [3.63, 3.8) is 0 Å². The van der Waals surface area contributed by atoms with Gasteiger partial charge in [-0.05, 0) is 28.5 Å². The molecule has 1 aliphatic rings. The van der Waals surface area contributed by atoms with Gasteiger partial charge in [0.05, 0.1) is 6.61 Å². The molecule has 2 heterocycles. The van der Waals surface area contributed by atoms with Gasteiger partial charge in [-0.1, -0.05) is 0 Å². The summed E-state index contributed by atoms with van der Waals surface area (Å²) in [5.74, 6) is 2.25. The first-order valence-electron chi connectivity index (χ1n) is 6.13. The monoisotopic (exact) mass is 277 g/mol. The van der Waals surface area contributed by atoms with Crippen molar-refractivity contribution in [1.82, 2.24) is 0 Å². The summed E-state index contributed by atoms with van der Waals surface area (Å²) in [7, 11) is 0. The van der Waals surface area contributed by atoms with Gasteiger partial charge in [-0.15, -0.1) is 0 Å². The van der Waals surface area contributed by atoms with Crippen LogP contribution in [0.2, 0.25) is 0 Å². The molecule has 0 saturated heterocycles. The average Bonchev–Trinajstić information content (AvgIpc) is 3.08. The second-order valence-corrected chi connectivity index (χ2v) is 5.03. The lowest BCUT2D eigenvalue weighted by molar-refractivity contribution is 0.173. The van der Waals surface area contributed by atoms with Crippen LogP contribution in [0.15, 0.2) is 29.0 Å². The van der Waals surface area contributed by atoms with Gasteiger partial charge in [-0.25, -0.2) is 0 Å². The van der Waals surface area contributed by atoms with Crippen LogP contribution in [-0.2, 0) is 13.0 Å². The Hall–Kier alpha value is -1.72. The average molecular weight is 277 g/mol. The van der Waals surface area contributed by atoms with E-state index in [-0.39, 0.29) is 6.79 Å². The van der Waals surface area contributed by atoms with Crippen LogP contribution in [0.5, 0.6) is 17.2 Å². The summed E-state index contributed by atoms with van der Waals surface area (Å²) in [6.45, 7) is 1.31. The highest BCUT2D eigenvalue weighted by Gasteiger charge is 2.17. The molecule has 2 aromatic rings. The lowest BCUT2D eigenvalue weighted by Crippen LogP contribution is -2.05. The molecule has 1 aromatic heterocycles. The standard InChI is InChI=1S/C14H15NO3S/c15-7-11-5-13-14(18-9-17-13)6-12(11)16-3-1-10-2-4-19-8-10/h2,4-6,8H,1,3,7,9,15H2. The molecular formula is C14H15NO3S. The molecule has 19 heavy (non-hydrogen) atoms. The molecule has 4 nitrogen and oxygen atoms in total. The maximum atomic E-state index is 5.82. The van der Waals surface area contributed by atoms with E-state index in [1.165, 1.54) is 5.56 Å². The Bertz CT molecular complexity index is 554. The molecule has 1 aromatic carbocycles. The quantitative estimate of drug-likeness (QED) is 0.912. The minimum atomic E-state index is 0.262. The Labute approximate surface area is 115 Å². The van der Waals surface area contributed by atoms with Gasteiger partial charge in [0.25, 0.3) is 0 Å². The fraction of sp³-hybridized carbons (Fsp3) is 0.286. The molecule has 0 aliphatic carbocycles. The Morgan fingerprint density at radius 3 is 2.84 bits per heavy atom. The minimum Gasteiger partial charge on any atom is -0.493 e. The molecule has 2 N–H and O–H groups in total. The smallest absolute Gasteiger partial charge is 0.231 e. The van der Waals surface area contributed by atoms with Crippen LogP contribution in [0, 0.1) is 0 Å². The third kappa shape index (κ3) is 2.67. The molecule has 0 spiro atoms. The molecule has 100 valence electrons. The van der Waals surface area contributed by atoms with E-state index in [2.05, 4.69) is 16.8 Å². The van der Waals surface area contributed by atoms with Gasteiger partial charge in [-0.3, -0.25) is 0 Å². The summed E-state index contributed by atoms with van der Waals surface area (Å²) in [5, 5.41) is 4.20. The molecule has 3 rings (SSSR count). The number of rotatable bonds is 5. The van der Waals surface area contributed by atoms with E-state index in [1.54, 1.807) is 11.3 Å². The van der Waals surface area contributed by atoms with Crippen LogP contribution >= 0.6 is 11.3 Å². The molecule has 5 heteroatoms. The second kappa shape index (κ2) is 5.50. The first kappa shape index (κ1) is 12.3. The van der Waals surface area contributed by atoms with Crippen LogP contribution in [0.4, 0.5) is 0 Å². The zero-order valence-corrected chi connectivity index (χ0v) is 11.2. The van der Waals surface area contributed by atoms with Gasteiger partial charge in [-0.2, -0.15) is 11.3 Å². The number of hydrogen-bond donors (Lipinski definition) is 1. The fourth-order valence-corrected chi connectivity index (χ4v) is 2.68. The van der Waals surface area contributed by atoms with Gasteiger partial charge in [0.15, 0.2) is 11.5 Å². The van der Waals surface area contributed by atoms with Crippen molar-refractivity contribution in [1.29, 1.82) is 0 Å². The Balaban J connectivity index is 1.69. The van der Waals surface area contributed by atoms with Crippen molar-refractivity contribution in [2.75, 3.05) is 13.4 Å². The van der Waals surface area contributed by atoms with E-state index in [1.807, 2.05) is 12.1 Å². The van der Waals surface area contributed by atoms with Gasteiger partial charge in [0.2, 0.25) is 6.79 Å².